The summed E-state index contributed by atoms with van der Waals surface area (Å²) in [6.07, 6.45) is 1.68. The van der Waals surface area contributed by atoms with Crippen LogP contribution in [0.15, 0.2) is 12.1 Å². The van der Waals surface area contributed by atoms with Crippen molar-refractivity contribution in [2.75, 3.05) is 13.7 Å². The number of aliphatic hydroxyl groups excluding tert-OH is 1. The first-order valence-corrected chi connectivity index (χ1v) is 6.20. The summed E-state index contributed by atoms with van der Waals surface area (Å²) in [6.45, 7) is 5.11. The van der Waals surface area contributed by atoms with Crippen LogP contribution in [0.25, 0.3) is 0 Å². The van der Waals surface area contributed by atoms with E-state index in [4.69, 9.17) is 4.74 Å². The molecule has 1 aromatic rings. The lowest BCUT2D eigenvalue weighted by Gasteiger charge is -2.22. The van der Waals surface area contributed by atoms with Crippen LogP contribution in [0.4, 0.5) is 0 Å². The van der Waals surface area contributed by atoms with Gasteiger partial charge in [-0.1, -0.05) is 0 Å². The van der Waals surface area contributed by atoms with E-state index in [0.29, 0.717) is 0 Å². The highest BCUT2D eigenvalue weighted by atomic mass is 16.5. The fourth-order valence-electron chi connectivity index (χ4n) is 2.42. The summed E-state index contributed by atoms with van der Waals surface area (Å²) in [4.78, 5) is 0. The molecule has 0 saturated carbocycles. The first kappa shape index (κ1) is 12.4. The van der Waals surface area contributed by atoms with E-state index in [9.17, 15) is 5.11 Å². The molecule has 0 radical (unpaired) electrons. The van der Waals surface area contributed by atoms with Gasteiger partial charge >= 0.3 is 0 Å². The van der Waals surface area contributed by atoms with Crippen molar-refractivity contribution in [3.05, 3.63) is 28.8 Å². The number of hydrogen-bond acceptors (Lipinski definition) is 3. The summed E-state index contributed by atoms with van der Waals surface area (Å²) in [6, 6.07) is 4.20. The molecule has 2 unspecified atom stereocenters. The molecule has 94 valence electrons. The van der Waals surface area contributed by atoms with Crippen LogP contribution < -0.4 is 10.1 Å². The number of benzene rings is 1. The molecule has 0 amide bonds. The Morgan fingerprint density at radius 3 is 2.65 bits per heavy atom. The summed E-state index contributed by atoms with van der Waals surface area (Å²) in [5.74, 6) is 0.786. The number of hydrogen-bond donors (Lipinski definition) is 2. The second-order valence-corrected chi connectivity index (χ2v) is 4.83. The van der Waals surface area contributed by atoms with Crippen LogP contribution >= 0.6 is 0 Å². The lowest BCUT2D eigenvalue weighted by atomic mass is 9.96. The molecule has 1 aliphatic rings. The molecular weight excluding hydrogens is 214 g/mol. The van der Waals surface area contributed by atoms with Crippen LogP contribution in [-0.4, -0.2) is 24.8 Å². The number of methoxy groups -OCH3 is 1. The van der Waals surface area contributed by atoms with Gasteiger partial charge in [0.25, 0.3) is 0 Å². The second-order valence-electron chi connectivity index (χ2n) is 4.83. The zero-order valence-corrected chi connectivity index (χ0v) is 10.8. The summed E-state index contributed by atoms with van der Waals surface area (Å²) in [7, 11) is 1.66. The quantitative estimate of drug-likeness (QED) is 0.843. The standard InChI is InChI=1S/C14H21NO2/c1-9-7-11(13(17-3)8-10(9)2)14(16)12-5-4-6-15-12/h7-8,12,14-16H,4-6H2,1-3H3. The topological polar surface area (TPSA) is 41.5 Å². The lowest BCUT2D eigenvalue weighted by molar-refractivity contribution is 0.134. The Labute approximate surface area is 103 Å². The van der Waals surface area contributed by atoms with Gasteiger partial charge in [-0.3, -0.25) is 0 Å². The molecule has 1 heterocycles. The van der Waals surface area contributed by atoms with Gasteiger partial charge < -0.3 is 15.2 Å². The minimum Gasteiger partial charge on any atom is -0.496 e. The third kappa shape index (κ3) is 2.45. The van der Waals surface area contributed by atoms with E-state index in [-0.39, 0.29) is 6.04 Å². The van der Waals surface area contributed by atoms with Crippen molar-refractivity contribution in [1.29, 1.82) is 0 Å². The van der Waals surface area contributed by atoms with Gasteiger partial charge in [0.1, 0.15) is 5.75 Å². The maximum Gasteiger partial charge on any atom is 0.125 e. The van der Waals surface area contributed by atoms with Crippen LogP contribution in [0.5, 0.6) is 5.75 Å². The monoisotopic (exact) mass is 235 g/mol. The van der Waals surface area contributed by atoms with E-state index in [0.717, 1.165) is 30.7 Å². The van der Waals surface area contributed by atoms with Crippen molar-refractivity contribution in [2.45, 2.75) is 38.8 Å². The Morgan fingerprint density at radius 1 is 1.35 bits per heavy atom. The van der Waals surface area contributed by atoms with Crippen molar-refractivity contribution < 1.29 is 9.84 Å². The van der Waals surface area contributed by atoms with Crippen molar-refractivity contribution in [3.63, 3.8) is 0 Å². The van der Waals surface area contributed by atoms with Crippen molar-refractivity contribution >= 4 is 0 Å². The molecule has 3 heteroatoms. The van der Waals surface area contributed by atoms with E-state index in [1.165, 1.54) is 11.1 Å². The Morgan fingerprint density at radius 2 is 2.06 bits per heavy atom. The minimum atomic E-state index is -0.480. The minimum absolute atomic E-state index is 0.158. The zero-order valence-electron chi connectivity index (χ0n) is 10.8. The van der Waals surface area contributed by atoms with E-state index in [1.807, 2.05) is 12.1 Å². The van der Waals surface area contributed by atoms with Gasteiger partial charge in [-0.15, -0.1) is 0 Å². The van der Waals surface area contributed by atoms with Crippen LogP contribution in [0.3, 0.4) is 0 Å². The molecule has 1 fully saturated rings. The number of aryl methyl sites for hydroxylation is 2. The summed E-state index contributed by atoms with van der Waals surface area (Å²) in [5, 5.41) is 13.7. The lowest BCUT2D eigenvalue weighted by Crippen LogP contribution is -2.29. The van der Waals surface area contributed by atoms with Crippen molar-refractivity contribution in [2.24, 2.45) is 0 Å². The fourth-order valence-corrected chi connectivity index (χ4v) is 2.42. The number of nitrogens with one attached hydrogen (secondary N) is 1. The van der Waals surface area contributed by atoms with Crippen molar-refractivity contribution in [3.8, 4) is 5.75 Å². The maximum absolute atomic E-state index is 10.4. The molecule has 3 nitrogen and oxygen atoms in total. The van der Waals surface area contributed by atoms with E-state index in [2.05, 4.69) is 19.2 Å². The summed E-state index contributed by atoms with van der Waals surface area (Å²) in [5.41, 5.74) is 3.28. The van der Waals surface area contributed by atoms with Crippen LogP contribution in [0, 0.1) is 13.8 Å². The van der Waals surface area contributed by atoms with Gasteiger partial charge in [0, 0.05) is 11.6 Å². The van der Waals surface area contributed by atoms with Crippen LogP contribution in [0.1, 0.15) is 35.6 Å². The highest BCUT2D eigenvalue weighted by Gasteiger charge is 2.26. The average Bonchev–Trinajstić information content (AvgIpc) is 2.84. The molecule has 1 aromatic carbocycles. The highest BCUT2D eigenvalue weighted by molar-refractivity contribution is 5.43. The molecule has 2 N–H and O–H groups in total. The predicted molar refractivity (Wildman–Crippen MR) is 68.5 cm³/mol. The van der Waals surface area contributed by atoms with Crippen molar-refractivity contribution in [1.82, 2.24) is 5.32 Å². The van der Waals surface area contributed by atoms with Gasteiger partial charge in [0.15, 0.2) is 0 Å². The molecule has 1 saturated heterocycles. The van der Waals surface area contributed by atoms with E-state index >= 15 is 0 Å². The summed E-state index contributed by atoms with van der Waals surface area (Å²) < 4.78 is 5.37. The fraction of sp³-hybridized carbons (Fsp3) is 0.571. The summed E-state index contributed by atoms with van der Waals surface area (Å²) >= 11 is 0. The highest BCUT2D eigenvalue weighted by Crippen LogP contribution is 2.32. The molecule has 0 bridgehead atoms. The SMILES string of the molecule is COc1cc(C)c(C)cc1C(O)C1CCCN1. The Bertz CT molecular complexity index is 397. The van der Waals surface area contributed by atoms with E-state index in [1.54, 1.807) is 7.11 Å². The third-order valence-corrected chi connectivity index (χ3v) is 3.64. The molecule has 2 atom stereocenters. The third-order valence-electron chi connectivity index (χ3n) is 3.64. The molecule has 0 spiro atoms. The Kier molecular flexibility index (Phi) is 3.69. The van der Waals surface area contributed by atoms with Gasteiger partial charge in [0.2, 0.25) is 0 Å². The first-order chi connectivity index (χ1) is 8.13. The second kappa shape index (κ2) is 5.07. The Hall–Kier alpha value is -1.06. The first-order valence-electron chi connectivity index (χ1n) is 6.20. The number of aliphatic hydroxyl groups is 1. The normalized spacial score (nSPS) is 21.5. The largest absolute Gasteiger partial charge is 0.496 e. The molecule has 17 heavy (non-hydrogen) atoms. The van der Waals surface area contributed by atoms with E-state index < -0.39 is 6.10 Å². The zero-order chi connectivity index (χ0) is 12.4. The predicted octanol–water partition coefficient (Wildman–Crippen LogP) is 2.10. The molecular formula is C14H21NO2. The molecule has 1 aliphatic heterocycles. The van der Waals surface area contributed by atoms with Gasteiger partial charge in [-0.05, 0) is 56.5 Å². The van der Waals surface area contributed by atoms with Crippen LogP contribution in [0.2, 0.25) is 0 Å². The smallest absolute Gasteiger partial charge is 0.125 e. The Balaban J connectivity index is 2.32. The van der Waals surface area contributed by atoms with Gasteiger partial charge in [-0.25, -0.2) is 0 Å². The van der Waals surface area contributed by atoms with Crippen LogP contribution in [-0.2, 0) is 0 Å². The van der Waals surface area contributed by atoms with Gasteiger partial charge in [0.05, 0.1) is 13.2 Å². The maximum atomic E-state index is 10.4. The molecule has 2 rings (SSSR count). The van der Waals surface area contributed by atoms with Gasteiger partial charge in [-0.2, -0.15) is 0 Å². The number of rotatable bonds is 3. The molecule has 0 aliphatic carbocycles. The average molecular weight is 235 g/mol. The molecule has 0 aromatic heterocycles. The number of ether oxygens (including phenoxy) is 1.